The Morgan fingerprint density at radius 1 is 0.296 bits per heavy atom. The molecule has 0 aliphatic carbocycles. The number of phosphoric acid groups is 2. The van der Waals surface area contributed by atoms with E-state index in [4.69, 9.17) is 37.0 Å². The molecule has 0 saturated carbocycles. The zero-order valence-electron chi connectivity index (χ0n) is 51.7. The molecule has 0 spiro atoms. The lowest BCUT2D eigenvalue weighted by atomic mass is 10.0. The predicted molar refractivity (Wildman–Crippen MR) is 322 cm³/mol. The Morgan fingerprint density at radius 2 is 0.494 bits per heavy atom. The first kappa shape index (κ1) is 79.1. The zero-order valence-corrected chi connectivity index (χ0v) is 53.5. The number of aliphatic hydroxyl groups is 1. The summed E-state index contributed by atoms with van der Waals surface area (Å²) in [6.07, 6.45) is 42.0. The summed E-state index contributed by atoms with van der Waals surface area (Å²) in [6, 6.07) is 0. The van der Waals surface area contributed by atoms with Gasteiger partial charge in [0.25, 0.3) is 0 Å². The van der Waals surface area contributed by atoms with Gasteiger partial charge in [-0.2, -0.15) is 0 Å². The number of ether oxygens (including phenoxy) is 4. The molecular weight excluding hydrogens is 1080 g/mol. The molecule has 81 heavy (non-hydrogen) atoms. The van der Waals surface area contributed by atoms with Crippen LogP contribution < -0.4 is 0 Å². The van der Waals surface area contributed by atoms with Gasteiger partial charge in [0, 0.05) is 25.7 Å². The third-order valence-corrected chi connectivity index (χ3v) is 16.3. The van der Waals surface area contributed by atoms with Crippen LogP contribution in [0.1, 0.15) is 317 Å². The van der Waals surface area contributed by atoms with Crippen molar-refractivity contribution in [3.05, 3.63) is 0 Å². The molecule has 19 heteroatoms. The van der Waals surface area contributed by atoms with E-state index in [2.05, 4.69) is 27.7 Å². The second-order valence-electron chi connectivity index (χ2n) is 22.4. The van der Waals surface area contributed by atoms with Gasteiger partial charge in [-0.25, -0.2) is 9.13 Å². The number of carbonyl (C=O) groups excluding carboxylic acids is 4. The molecule has 0 amide bonds. The lowest BCUT2D eigenvalue weighted by molar-refractivity contribution is -0.161. The lowest BCUT2D eigenvalue weighted by Crippen LogP contribution is -2.30. The van der Waals surface area contributed by atoms with E-state index >= 15 is 0 Å². The van der Waals surface area contributed by atoms with Crippen LogP contribution in [0.15, 0.2) is 0 Å². The van der Waals surface area contributed by atoms with E-state index in [-0.39, 0.29) is 25.7 Å². The zero-order chi connectivity index (χ0) is 59.8. The quantitative estimate of drug-likeness (QED) is 0.0222. The fourth-order valence-electron chi connectivity index (χ4n) is 9.28. The molecule has 0 aliphatic rings. The van der Waals surface area contributed by atoms with Crippen LogP contribution in [0.3, 0.4) is 0 Å². The number of carbonyl (C=O) groups is 4. The van der Waals surface area contributed by atoms with Gasteiger partial charge in [-0.1, -0.05) is 265 Å². The van der Waals surface area contributed by atoms with Crippen LogP contribution in [0.4, 0.5) is 0 Å². The van der Waals surface area contributed by atoms with Crippen LogP contribution in [0, 0.1) is 0 Å². The summed E-state index contributed by atoms with van der Waals surface area (Å²) in [5, 5.41) is 10.5. The number of phosphoric ester groups is 2. The van der Waals surface area contributed by atoms with Gasteiger partial charge < -0.3 is 33.8 Å². The normalized spacial score (nSPS) is 14.2. The second kappa shape index (κ2) is 57.2. The lowest BCUT2D eigenvalue weighted by Gasteiger charge is -2.21. The van der Waals surface area contributed by atoms with Gasteiger partial charge in [-0.15, -0.1) is 0 Å². The first-order chi connectivity index (χ1) is 39.2. The van der Waals surface area contributed by atoms with Crippen LogP contribution in [-0.4, -0.2) is 96.7 Å². The van der Waals surface area contributed by atoms with Crippen molar-refractivity contribution in [3.63, 3.8) is 0 Å². The van der Waals surface area contributed by atoms with Crippen molar-refractivity contribution in [2.24, 2.45) is 0 Å². The molecule has 0 bridgehead atoms. The van der Waals surface area contributed by atoms with E-state index < -0.39 is 97.5 Å². The molecule has 17 nitrogen and oxygen atoms in total. The Morgan fingerprint density at radius 3 is 0.728 bits per heavy atom. The number of hydrogen-bond acceptors (Lipinski definition) is 15. The van der Waals surface area contributed by atoms with Gasteiger partial charge in [0.15, 0.2) is 12.2 Å². The van der Waals surface area contributed by atoms with Gasteiger partial charge in [0.05, 0.1) is 26.4 Å². The molecule has 0 radical (unpaired) electrons. The summed E-state index contributed by atoms with van der Waals surface area (Å²) >= 11 is 0. The molecule has 0 aromatic heterocycles. The number of hydrogen-bond donors (Lipinski definition) is 3. The molecule has 0 heterocycles. The van der Waals surface area contributed by atoms with Crippen molar-refractivity contribution in [3.8, 4) is 0 Å². The minimum absolute atomic E-state index is 0.104. The van der Waals surface area contributed by atoms with Crippen molar-refractivity contribution >= 4 is 39.5 Å². The minimum atomic E-state index is -4.94. The van der Waals surface area contributed by atoms with E-state index in [1.165, 1.54) is 135 Å². The highest BCUT2D eigenvalue weighted by molar-refractivity contribution is 7.47. The van der Waals surface area contributed by atoms with Gasteiger partial charge in [0.1, 0.15) is 19.3 Å². The SMILES string of the molecule is CCCCCCCCCCCCCCCCC(=O)OC[C@H](COP(=O)(O)OC[C@@H](O)COP(=O)(O)OC[C@@H](COC(=O)CCCCCCC)OC(=O)CCCCCCCCCC)OC(=O)CCCCCCCCCCCCCCCC. The predicted octanol–water partition coefficient (Wildman–Crippen LogP) is 17.2. The number of esters is 4. The monoisotopic (exact) mass is 1200 g/mol. The van der Waals surface area contributed by atoms with Crippen LogP contribution >= 0.6 is 15.6 Å². The van der Waals surface area contributed by atoms with Crippen LogP contribution in [0.2, 0.25) is 0 Å². The first-order valence-corrected chi connectivity index (χ1v) is 35.8. The van der Waals surface area contributed by atoms with Crippen molar-refractivity contribution in [1.29, 1.82) is 0 Å². The Labute approximate surface area is 492 Å². The Balaban J connectivity index is 5.16. The summed E-state index contributed by atoms with van der Waals surface area (Å²) < 4.78 is 67.7. The molecule has 5 atom stereocenters. The highest BCUT2D eigenvalue weighted by atomic mass is 31.2. The molecule has 0 aromatic carbocycles. The highest BCUT2D eigenvalue weighted by Crippen LogP contribution is 2.45. The second-order valence-corrected chi connectivity index (χ2v) is 25.4. The summed E-state index contributed by atoms with van der Waals surface area (Å²) in [5.74, 6) is -2.15. The van der Waals surface area contributed by atoms with E-state index in [9.17, 15) is 43.2 Å². The van der Waals surface area contributed by atoms with Gasteiger partial charge in [-0.3, -0.25) is 37.3 Å². The Kier molecular flexibility index (Phi) is 55.8. The minimum Gasteiger partial charge on any atom is -0.462 e. The molecule has 0 aliphatic heterocycles. The largest absolute Gasteiger partial charge is 0.472 e. The average molecular weight is 1200 g/mol. The molecule has 2 unspecified atom stereocenters. The van der Waals surface area contributed by atoms with Gasteiger partial charge >= 0.3 is 39.5 Å². The highest BCUT2D eigenvalue weighted by Gasteiger charge is 2.30. The molecule has 0 saturated heterocycles. The van der Waals surface area contributed by atoms with E-state index in [0.29, 0.717) is 25.7 Å². The van der Waals surface area contributed by atoms with E-state index in [1.807, 2.05) is 0 Å². The third kappa shape index (κ3) is 56.9. The summed E-state index contributed by atoms with van der Waals surface area (Å²) in [4.78, 5) is 71.8. The maximum atomic E-state index is 13.0. The molecule has 3 N–H and O–H groups in total. The van der Waals surface area contributed by atoms with Gasteiger partial charge in [-0.05, 0) is 25.7 Å². The molecular formula is C62H120O17P2. The smallest absolute Gasteiger partial charge is 0.462 e. The number of unbranched alkanes of at least 4 members (excludes halogenated alkanes) is 37. The standard InChI is InChI=1S/C62H120O17P2/c1-5-9-13-17-20-23-25-27-29-31-33-36-39-43-47-60(65)73-53-58(79-62(67)49-45-41-37-34-32-30-28-26-24-21-18-14-10-6-2)55-77-81(70,71)75-51-56(63)50-74-80(68,69)76-54-57(52-72-59(64)46-42-38-16-12-8-4)78-61(66)48-44-40-35-22-19-15-11-7-3/h56-58,63H,5-55H2,1-4H3,(H,68,69)(H,70,71)/t56-,57+,58+/m0/s1. The summed E-state index contributed by atoms with van der Waals surface area (Å²) in [5.41, 5.74) is 0. The average Bonchev–Trinajstić information content (AvgIpc) is 3.44. The molecule has 0 aromatic rings. The van der Waals surface area contributed by atoms with E-state index in [0.717, 1.165) is 103 Å². The van der Waals surface area contributed by atoms with Crippen molar-refractivity contribution in [2.75, 3.05) is 39.6 Å². The van der Waals surface area contributed by atoms with Crippen molar-refractivity contribution in [2.45, 2.75) is 335 Å². The Hall–Kier alpha value is -1.94. The fraction of sp³-hybridized carbons (Fsp3) is 0.935. The molecule has 480 valence electrons. The number of rotatable bonds is 63. The first-order valence-electron chi connectivity index (χ1n) is 32.8. The van der Waals surface area contributed by atoms with Gasteiger partial charge in [0.2, 0.25) is 0 Å². The fourth-order valence-corrected chi connectivity index (χ4v) is 10.9. The van der Waals surface area contributed by atoms with E-state index in [1.54, 1.807) is 0 Å². The maximum Gasteiger partial charge on any atom is 0.472 e. The summed E-state index contributed by atoms with van der Waals surface area (Å²) in [6.45, 7) is 4.77. The maximum absolute atomic E-state index is 13.0. The van der Waals surface area contributed by atoms with Crippen molar-refractivity contribution < 1.29 is 80.2 Å². The molecule has 0 fully saturated rings. The number of aliphatic hydroxyl groups excluding tert-OH is 1. The topological polar surface area (TPSA) is 237 Å². The Bertz CT molecular complexity index is 1570. The summed E-state index contributed by atoms with van der Waals surface area (Å²) in [7, 11) is -9.87. The van der Waals surface area contributed by atoms with Crippen LogP contribution in [-0.2, 0) is 65.4 Å². The third-order valence-electron chi connectivity index (χ3n) is 14.4. The van der Waals surface area contributed by atoms with Crippen LogP contribution in [0.25, 0.3) is 0 Å². The van der Waals surface area contributed by atoms with Crippen LogP contribution in [0.5, 0.6) is 0 Å². The molecule has 0 rings (SSSR count). The van der Waals surface area contributed by atoms with Crippen molar-refractivity contribution in [1.82, 2.24) is 0 Å².